The Balaban J connectivity index is 2.41. The first kappa shape index (κ1) is 10.8. The third kappa shape index (κ3) is 1.96. The minimum atomic E-state index is 0.0630. The van der Waals surface area contributed by atoms with Crippen LogP contribution in [0.4, 0.5) is 5.69 Å². The van der Waals surface area contributed by atoms with Gasteiger partial charge >= 0.3 is 0 Å². The van der Waals surface area contributed by atoms with Gasteiger partial charge in [0.1, 0.15) is 0 Å². The zero-order valence-electron chi connectivity index (χ0n) is 8.27. The van der Waals surface area contributed by atoms with Crippen molar-refractivity contribution in [3.63, 3.8) is 0 Å². The van der Waals surface area contributed by atoms with Crippen molar-refractivity contribution in [1.82, 2.24) is 4.98 Å². The molecule has 0 radical (unpaired) electrons. The maximum absolute atomic E-state index is 11.7. The molecule has 0 aliphatic carbocycles. The van der Waals surface area contributed by atoms with Gasteiger partial charge in [-0.05, 0) is 18.6 Å². The number of halogens is 1. The van der Waals surface area contributed by atoms with E-state index in [0.717, 1.165) is 11.3 Å². The maximum Gasteiger partial charge on any atom is 0.228 e. The molecule has 1 saturated heterocycles. The molecular weight excluding hydrogens is 232 g/mol. The molecule has 80 valence electrons. The number of pyridine rings is 1. The molecule has 5 heteroatoms. The molecule has 0 N–H and O–H groups in total. The van der Waals surface area contributed by atoms with Gasteiger partial charge in [-0.25, -0.2) is 4.98 Å². The lowest BCUT2D eigenvalue weighted by Crippen LogP contribution is -2.26. The number of carbonyl (C=O) groups is 1. The summed E-state index contributed by atoms with van der Waals surface area (Å²) >= 11 is 10.3. The molecule has 2 heterocycles. The number of carbonyl (C=O) groups excluding carboxylic acids is 1. The lowest BCUT2D eigenvalue weighted by molar-refractivity contribution is -0.117. The second kappa shape index (κ2) is 4.02. The van der Waals surface area contributed by atoms with Crippen molar-refractivity contribution in [3.05, 3.63) is 23.0 Å². The molecule has 1 amide bonds. The standard InChI is InChI=1S/C10H11ClN2OS/c1-6-2-3-12-10(11)9(6)13-5-7(15)4-8(13)14/h2-3,7,15H,4-5H2,1H3. The molecule has 0 saturated carbocycles. The number of amides is 1. The van der Waals surface area contributed by atoms with Crippen LogP contribution in [0.2, 0.25) is 5.15 Å². The lowest BCUT2D eigenvalue weighted by Gasteiger charge is -2.19. The van der Waals surface area contributed by atoms with Gasteiger partial charge in [-0.15, -0.1) is 0 Å². The summed E-state index contributed by atoms with van der Waals surface area (Å²) in [4.78, 5) is 17.3. The molecule has 1 aromatic rings. The average molecular weight is 243 g/mol. The summed E-state index contributed by atoms with van der Waals surface area (Å²) in [6, 6.07) is 1.85. The molecule has 0 bridgehead atoms. The number of aromatic nitrogens is 1. The number of hydrogen-bond donors (Lipinski definition) is 1. The first-order valence-electron chi connectivity index (χ1n) is 4.69. The fourth-order valence-electron chi connectivity index (χ4n) is 1.75. The Bertz CT molecular complexity index is 390. The van der Waals surface area contributed by atoms with Crippen LogP contribution in [0.3, 0.4) is 0 Å². The largest absolute Gasteiger partial charge is 0.308 e. The van der Waals surface area contributed by atoms with Crippen LogP contribution in [0, 0.1) is 6.92 Å². The van der Waals surface area contributed by atoms with E-state index in [2.05, 4.69) is 17.6 Å². The summed E-state index contributed by atoms with van der Waals surface area (Å²) in [5.41, 5.74) is 1.69. The summed E-state index contributed by atoms with van der Waals surface area (Å²) in [6.45, 7) is 2.52. The van der Waals surface area contributed by atoms with E-state index in [4.69, 9.17) is 11.6 Å². The Hall–Kier alpha value is -0.740. The van der Waals surface area contributed by atoms with Crippen LogP contribution >= 0.6 is 24.2 Å². The number of anilines is 1. The Kier molecular flexibility index (Phi) is 2.89. The summed E-state index contributed by atoms with van der Waals surface area (Å²) in [6.07, 6.45) is 2.10. The highest BCUT2D eigenvalue weighted by molar-refractivity contribution is 7.81. The zero-order chi connectivity index (χ0) is 11.0. The predicted molar refractivity (Wildman–Crippen MR) is 63.7 cm³/mol. The van der Waals surface area contributed by atoms with Gasteiger partial charge in [0.05, 0.1) is 5.69 Å². The molecule has 1 fully saturated rings. The topological polar surface area (TPSA) is 33.2 Å². The van der Waals surface area contributed by atoms with Gasteiger partial charge in [0.25, 0.3) is 0 Å². The fraction of sp³-hybridized carbons (Fsp3) is 0.400. The van der Waals surface area contributed by atoms with Gasteiger partial charge in [0, 0.05) is 24.4 Å². The van der Waals surface area contributed by atoms with Crippen LogP contribution in [0.25, 0.3) is 0 Å². The zero-order valence-corrected chi connectivity index (χ0v) is 9.92. The quantitative estimate of drug-likeness (QED) is 0.604. The second-order valence-electron chi connectivity index (χ2n) is 3.63. The minimum Gasteiger partial charge on any atom is -0.308 e. The Labute approximate surface area is 98.8 Å². The van der Waals surface area contributed by atoms with E-state index in [0.29, 0.717) is 18.1 Å². The van der Waals surface area contributed by atoms with Gasteiger partial charge in [-0.2, -0.15) is 12.6 Å². The molecule has 3 nitrogen and oxygen atoms in total. The normalized spacial score (nSPS) is 21.1. The second-order valence-corrected chi connectivity index (χ2v) is 4.72. The van der Waals surface area contributed by atoms with E-state index in [9.17, 15) is 4.79 Å². The monoisotopic (exact) mass is 242 g/mol. The van der Waals surface area contributed by atoms with Crippen molar-refractivity contribution in [2.75, 3.05) is 11.4 Å². The first-order chi connectivity index (χ1) is 7.09. The Morgan fingerprint density at radius 1 is 1.67 bits per heavy atom. The van der Waals surface area contributed by atoms with E-state index in [1.807, 2.05) is 13.0 Å². The van der Waals surface area contributed by atoms with E-state index in [1.54, 1.807) is 11.1 Å². The Morgan fingerprint density at radius 2 is 2.40 bits per heavy atom. The van der Waals surface area contributed by atoms with Crippen LogP contribution in [-0.4, -0.2) is 22.7 Å². The summed E-state index contributed by atoms with van der Waals surface area (Å²) in [7, 11) is 0. The number of rotatable bonds is 1. The van der Waals surface area contributed by atoms with Crippen LogP contribution in [0.5, 0.6) is 0 Å². The van der Waals surface area contributed by atoms with Crippen LogP contribution in [-0.2, 0) is 4.79 Å². The molecule has 15 heavy (non-hydrogen) atoms. The fourth-order valence-corrected chi connectivity index (χ4v) is 2.37. The Morgan fingerprint density at radius 3 is 2.93 bits per heavy atom. The van der Waals surface area contributed by atoms with Gasteiger partial charge in [0.15, 0.2) is 5.15 Å². The highest BCUT2D eigenvalue weighted by Gasteiger charge is 2.30. The minimum absolute atomic E-state index is 0.0630. The molecule has 1 atom stereocenters. The summed E-state index contributed by atoms with van der Waals surface area (Å²) in [5.74, 6) is 0.0630. The highest BCUT2D eigenvalue weighted by Crippen LogP contribution is 2.31. The van der Waals surface area contributed by atoms with Crippen molar-refractivity contribution in [3.8, 4) is 0 Å². The van der Waals surface area contributed by atoms with Gasteiger partial charge in [0.2, 0.25) is 5.91 Å². The van der Waals surface area contributed by atoms with Gasteiger partial charge < -0.3 is 4.90 Å². The number of hydrogen-bond acceptors (Lipinski definition) is 3. The van der Waals surface area contributed by atoms with Crippen molar-refractivity contribution in [1.29, 1.82) is 0 Å². The van der Waals surface area contributed by atoms with E-state index in [1.165, 1.54) is 0 Å². The summed E-state index contributed by atoms with van der Waals surface area (Å²) in [5, 5.41) is 0.471. The van der Waals surface area contributed by atoms with Crippen molar-refractivity contribution < 1.29 is 4.79 Å². The van der Waals surface area contributed by atoms with E-state index < -0.39 is 0 Å². The molecular formula is C10H11ClN2OS. The average Bonchev–Trinajstić information content (AvgIpc) is 2.45. The van der Waals surface area contributed by atoms with E-state index >= 15 is 0 Å². The molecule has 0 aromatic carbocycles. The third-order valence-corrected chi connectivity index (χ3v) is 3.08. The van der Waals surface area contributed by atoms with Crippen LogP contribution in [0.15, 0.2) is 12.3 Å². The molecule has 1 aliphatic rings. The molecule has 1 unspecified atom stereocenters. The first-order valence-corrected chi connectivity index (χ1v) is 5.58. The smallest absolute Gasteiger partial charge is 0.228 e. The highest BCUT2D eigenvalue weighted by atomic mass is 35.5. The molecule has 1 aliphatic heterocycles. The van der Waals surface area contributed by atoms with E-state index in [-0.39, 0.29) is 11.2 Å². The number of aryl methyl sites for hydroxylation is 1. The van der Waals surface area contributed by atoms with Crippen LogP contribution in [0.1, 0.15) is 12.0 Å². The van der Waals surface area contributed by atoms with Gasteiger partial charge in [-0.1, -0.05) is 11.6 Å². The van der Waals surface area contributed by atoms with Crippen molar-refractivity contribution in [2.24, 2.45) is 0 Å². The van der Waals surface area contributed by atoms with Crippen LogP contribution < -0.4 is 4.90 Å². The number of thiol groups is 1. The maximum atomic E-state index is 11.7. The predicted octanol–water partition coefficient (Wildman–Crippen LogP) is 2.08. The molecule has 0 spiro atoms. The third-order valence-electron chi connectivity index (χ3n) is 2.46. The molecule has 2 rings (SSSR count). The summed E-state index contributed by atoms with van der Waals surface area (Å²) < 4.78 is 0. The van der Waals surface area contributed by atoms with Crippen molar-refractivity contribution >= 4 is 35.8 Å². The van der Waals surface area contributed by atoms with Gasteiger partial charge in [-0.3, -0.25) is 4.79 Å². The molecule has 1 aromatic heterocycles. The lowest BCUT2D eigenvalue weighted by atomic mass is 10.2. The SMILES string of the molecule is Cc1ccnc(Cl)c1N1CC(S)CC1=O. The number of nitrogens with zero attached hydrogens (tertiary/aromatic N) is 2. The van der Waals surface area contributed by atoms with Crippen molar-refractivity contribution in [2.45, 2.75) is 18.6 Å².